The third-order valence-electron chi connectivity index (χ3n) is 6.77. The molecular weight excluding hydrogens is 360 g/mol. The lowest BCUT2D eigenvalue weighted by Crippen LogP contribution is -2.35. The number of hydrogen-bond acceptors (Lipinski definition) is 3. The number of nitrogens with zero attached hydrogens (tertiary/aromatic N) is 1. The van der Waals surface area contributed by atoms with Crippen molar-refractivity contribution in [1.29, 1.82) is 0 Å². The Balaban J connectivity index is 1.46. The summed E-state index contributed by atoms with van der Waals surface area (Å²) in [6, 6.07) is 5.09. The van der Waals surface area contributed by atoms with Crippen molar-refractivity contribution in [3.63, 3.8) is 0 Å². The minimum Gasteiger partial charge on any atom is -0.326 e. The van der Waals surface area contributed by atoms with Crippen molar-refractivity contribution in [3.05, 3.63) is 23.8 Å². The molecule has 3 fully saturated rings. The highest BCUT2D eigenvalue weighted by Crippen LogP contribution is 2.49. The zero-order valence-electron chi connectivity index (χ0n) is 16.1. The number of aryl methyl sites for hydroxylation is 1. The molecule has 2 aliphatic carbocycles. The van der Waals surface area contributed by atoms with Gasteiger partial charge in [0.25, 0.3) is 0 Å². The number of nitrogens with one attached hydrogen (secondary N) is 1. The molecule has 1 saturated heterocycles. The number of carbonyl (C=O) groups is 1. The van der Waals surface area contributed by atoms with Crippen LogP contribution in [-0.4, -0.2) is 31.7 Å². The van der Waals surface area contributed by atoms with E-state index in [0.717, 1.165) is 30.7 Å². The predicted molar refractivity (Wildman–Crippen MR) is 106 cm³/mol. The zero-order chi connectivity index (χ0) is 19.0. The largest absolute Gasteiger partial charge is 0.326 e. The summed E-state index contributed by atoms with van der Waals surface area (Å²) in [6.07, 6.45) is 8.55. The number of fused-ring (bicyclic) bond motifs is 2. The van der Waals surface area contributed by atoms with E-state index in [-0.39, 0.29) is 10.8 Å². The van der Waals surface area contributed by atoms with Crippen molar-refractivity contribution in [2.75, 3.05) is 18.4 Å². The van der Waals surface area contributed by atoms with Gasteiger partial charge in [-0.2, -0.15) is 4.31 Å². The number of rotatable bonds is 5. The van der Waals surface area contributed by atoms with Gasteiger partial charge in [-0.15, -0.1) is 0 Å². The third kappa shape index (κ3) is 3.92. The van der Waals surface area contributed by atoms with Crippen LogP contribution >= 0.6 is 0 Å². The maximum Gasteiger partial charge on any atom is 0.243 e. The van der Waals surface area contributed by atoms with Crippen LogP contribution in [0.3, 0.4) is 0 Å². The average molecular weight is 391 g/mol. The Bertz CT molecular complexity index is 815. The van der Waals surface area contributed by atoms with Crippen LogP contribution in [-0.2, 0) is 14.8 Å². The van der Waals surface area contributed by atoms with Crippen molar-refractivity contribution in [1.82, 2.24) is 4.31 Å². The highest BCUT2D eigenvalue weighted by Gasteiger charge is 2.40. The first-order chi connectivity index (χ1) is 12.9. The summed E-state index contributed by atoms with van der Waals surface area (Å²) in [7, 11) is -3.48. The molecule has 1 aliphatic heterocycles. The maximum absolute atomic E-state index is 12.9. The van der Waals surface area contributed by atoms with E-state index in [1.807, 2.05) is 6.92 Å². The van der Waals surface area contributed by atoms with Crippen LogP contribution in [0.4, 0.5) is 5.69 Å². The molecule has 3 aliphatic rings. The first-order valence-corrected chi connectivity index (χ1v) is 11.8. The van der Waals surface area contributed by atoms with Crippen molar-refractivity contribution >= 4 is 21.6 Å². The molecule has 6 heteroatoms. The first kappa shape index (κ1) is 18.9. The van der Waals surface area contributed by atoms with E-state index >= 15 is 0 Å². The summed E-state index contributed by atoms with van der Waals surface area (Å²) in [5.41, 5.74) is 1.52. The number of hydrogen-bond donors (Lipinski definition) is 1. The molecule has 1 amide bonds. The summed E-state index contributed by atoms with van der Waals surface area (Å²) >= 11 is 0. The van der Waals surface area contributed by atoms with E-state index < -0.39 is 10.0 Å². The molecule has 1 aromatic rings. The second-order valence-corrected chi connectivity index (χ2v) is 10.6. The Morgan fingerprint density at radius 2 is 1.93 bits per heavy atom. The number of sulfonamides is 1. The van der Waals surface area contributed by atoms with Gasteiger partial charge in [-0.25, -0.2) is 8.42 Å². The molecule has 27 heavy (non-hydrogen) atoms. The Morgan fingerprint density at radius 1 is 1.15 bits per heavy atom. The van der Waals surface area contributed by atoms with E-state index in [0.29, 0.717) is 37.0 Å². The highest BCUT2D eigenvalue weighted by atomic mass is 32.2. The minimum atomic E-state index is -3.48. The normalized spacial score (nSPS) is 28.4. The van der Waals surface area contributed by atoms with Crippen molar-refractivity contribution in [2.45, 2.75) is 63.2 Å². The van der Waals surface area contributed by atoms with Gasteiger partial charge in [0.1, 0.15) is 0 Å². The molecule has 0 unspecified atom stereocenters. The lowest BCUT2D eigenvalue weighted by atomic mass is 9.86. The van der Waals surface area contributed by atoms with Crippen molar-refractivity contribution in [2.24, 2.45) is 17.8 Å². The fourth-order valence-corrected chi connectivity index (χ4v) is 6.76. The smallest absolute Gasteiger partial charge is 0.243 e. The number of carbonyl (C=O) groups excluding carboxylic acids is 1. The summed E-state index contributed by atoms with van der Waals surface area (Å²) in [6.45, 7) is 3.08. The molecule has 4 rings (SSSR count). The quantitative estimate of drug-likeness (QED) is 0.828. The first-order valence-electron chi connectivity index (χ1n) is 10.3. The van der Waals surface area contributed by atoms with Crippen LogP contribution in [0, 0.1) is 24.7 Å². The van der Waals surface area contributed by atoms with Crippen LogP contribution < -0.4 is 5.32 Å². The molecule has 148 valence electrons. The van der Waals surface area contributed by atoms with Gasteiger partial charge >= 0.3 is 0 Å². The second-order valence-electron chi connectivity index (χ2n) is 8.63. The van der Waals surface area contributed by atoms with Crippen LogP contribution in [0.2, 0.25) is 0 Å². The SMILES string of the molecule is Cc1ccc(S(=O)(=O)N2CCCCC2)cc1NC(=O)C[C@H]1C[C@H]2CC[C@@H]1C2. The van der Waals surface area contributed by atoms with Gasteiger partial charge in [0.05, 0.1) is 4.90 Å². The zero-order valence-corrected chi connectivity index (χ0v) is 16.9. The Labute approximate surface area is 162 Å². The van der Waals surface area contributed by atoms with E-state index in [4.69, 9.17) is 0 Å². The topological polar surface area (TPSA) is 66.5 Å². The maximum atomic E-state index is 12.9. The molecular formula is C21H30N2O3S. The van der Waals surface area contributed by atoms with Gasteiger partial charge in [0.2, 0.25) is 15.9 Å². The third-order valence-corrected chi connectivity index (χ3v) is 8.66. The molecule has 3 atom stereocenters. The fraction of sp³-hybridized carbons (Fsp3) is 0.667. The molecule has 0 aromatic heterocycles. The minimum absolute atomic E-state index is 0.0168. The Kier molecular flexibility index (Phi) is 5.30. The molecule has 2 saturated carbocycles. The lowest BCUT2D eigenvalue weighted by Gasteiger charge is -2.26. The Hall–Kier alpha value is -1.40. The van der Waals surface area contributed by atoms with Crippen LogP contribution in [0.15, 0.2) is 23.1 Å². The molecule has 0 spiro atoms. The van der Waals surface area contributed by atoms with E-state index in [1.165, 1.54) is 25.7 Å². The van der Waals surface area contributed by atoms with Crippen LogP contribution in [0.25, 0.3) is 0 Å². The summed E-state index contributed by atoms with van der Waals surface area (Å²) in [5.74, 6) is 2.06. The molecule has 1 N–H and O–H groups in total. The Morgan fingerprint density at radius 3 is 2.59 bits per heavy atom. The van der Waals surface area contributed by atoms with E-state index in [1.54, 1.807) is 22.5 Å². The number of amides is 1. The lowest BCUT2D eigenvalue weighted by molar-refractivity contribution is -0.117. The summed E-state index contributed by atoms with van der Waals surface area (Å²) in [5, 5.41) is 2.99. The van der Waals surface area contributed by atoms with Gasteiger partial charge in [-0.1, -0.05) is 18.9 Å². The highest BCUT2D eigenvalue weighted by molar-refractivity contribution is 7.89. The molecule has 5 nitrogen and oxygen atoms in total. The summed E-state index contributed by atoms with van der Waals surface area (Å²) < 4.78 is 27.4. The van der Waals surface area contributed by atoms with Gasteiger partial charge in [-0.05, 0) is 74.5 Å². The average Bonchev–Trinajstić information content (AvgIpc) is 3.27. The monoisotopic (exact) mass is 390 g/mol. The fourth-order valence-electron chi connectivity index (χ4n) is 5.22. The van der Waals surface area contributed by atoms with Crippen molar-refractivity contribution < 1.29 is 13.2 Å². The number of piperidine rings is 1. The van der Waals surface area contributed by atoms with E-state index in [9.17, 15) is 13.2 Å². The van der Waals surface area contributed by atoms with Gasteiger partial charge in [-0.3, -0.25) is 4.79 Å². The summed E-state index contributed by atoms with van der Waals surface area (Å²) in [4.78, 5) is 12.9. The van der Waals surface area contributed by atoms with E-state index in [2.05, 4.69) is 5.32 Å². The number of benzene rings is 1. The molecule has 1 heterocycles. The standard InChI is InChI=1S/C21H30N2O3S/c1-15-5-8-19(27(25,26)23-9-3-2-4-10-23)14-20(15)22-21(24)13-18-12-16-6-7-17(18)11-16/h5,8,14,16-18H,2-4,6-7,9-13H2,1H3,(H,22,24)/t16-,17+,18+/m0/s1. The molecule has 2 bridgehead atoms. The van der Waals surface area contributed by atoms with Gasteiger partial charge in [0.15, 0.2) is 0 Å². The molecule has 0 radical (unpaired) electrons. The van der Waals surface area contributed by atoms with Gasteiger partial charge in [0, 0.05) is 25.2 Å². The van der Waals surface area contributed by atoms with Crippen molar-refractivity contribution in [3.8, 4) is 0 Å². The van der Waals surface area contributed by atoms with Crippen LogP contribution in [0.1, 0.15) is 56.9 Å². The molecule has 1 aromatic carbocycles. The second kappa shape index (κ2) is 7.55. The van der Waals surface area contributed by atoms with Gasteiger partial charge < -0.3 is 5.32 Å². The van der Waals surface area contributed by atoms with Crippen LogP contribution in [0.5, 0.6) is 0 Å². The predicted octanol–water partition coefficient (Wildman–Crippen LogP) is 3.93. The number of anilines is 1.